The minimum Gasteiger partial charge on any atom is -0.497 e. The van der Waals surface area contributed by atoms with Crippen molar-refractivity contribution < 1.29 is 9.53 Å². The molecule has 0 radical (unpaired) electrons. The summed E-state index contributed by atoms with van der Waals surface area (Å²) >= 11 is 3.14. The molecule has 2 N–H and O–H groups in total. The maximum absolute atomic E-state index is 13.3. The van der Waals surface area contributed by atoms with Crippen molar-refractivity contribution in [1.29, 1.82) is 0 Å². The van der Waals surface area contributed by atoms with E-state index in [1.807, 2.05) is 0 Å². The number of pyridine rings is 1. The first kappa shape index (κ1) is 19.3. The van der Waals surface area contributed by atoms with Crippen molar-refractivity contribution >= 4 is 44.4 Å². The molecule has 5 rings (SSSR count). The lowest BCUT2D eigenvalue weighted by atomic mass is 9.96. The number of thiophene rings is 2. The van der Waals surface area contributed by atoms with Crippen LogP contribution in [-0.2, 0) is 12.8 Å². The minimum atomic E-state index is -0.0644. The van der Waals surface area contributed by atoms with E-state index in [9.17, 15) is 4.79 Å². The van der Waals surface area contributed by atoms with Gasteiger partial charge in [0.15, 0.2) is 0 Å². The van der Waals surface area contributed by atoms with Gasteiger partial charge in [-0.25, -0.2) is 4.98 Å². The molecule has 0 fully saturated rings. The van der Waals surface area contributed by atoms with Crippen LogP contribution in [0.3, 0.4) is 0 Å². The highest BCUT2D eigenvalue weighted by atomic mass is 32.1. The number of aromatic nitrogens is 1. The summed E-state index contributed by atoms with van der Waals surface area (Å²) in [4.78, 5) is 20.9. The Morgan fingerprint density at radius 2 is 1.90 bits per heavy atom. The standard InChI is InChI=1S/C24H22N2O2S2/c1-28-15-11-9-14(10-12-15)22(27)23-21(25)20-19(18-8-5-13-29-18)16-6-3-2-4-7-17(16)26-24(20)30-23/h5,8-13H,2-4,6-7,25H2,1H3. The molecule has 0 aliphatic heterocycles. The van der Waals surface area contributed by atoms with Crippen LogP contribution < -0.4 is 10.5 Å². The predicted molar refractivity (Wildman–Crippen MR) is 125 cm³/mol. The number of methoxy groups -OCH3 is 1. The number of aryl methyl sites for hydroxylation is 1. The number of nitrogens with zero attached hydrogens (tertiary/aromatic N) is 1. The van der Waals surface area contributed by atoms with Crippen molar-refractivity contribution in [3.8, 4) is 16.2 Å². The van der Waals surface area contributed by atoms with E-state index < -0.39 is 0 Å². The lowest BCUT2D eigenvalue weighted by molar-refractivity contribution is 0.104. The number of carbonyl (C=O) groups is 1. The third-order valence-electron chi connectivity index (χ3n) is 5.73. The second-order valence-corrected chi connectivity index (χ2v) is 9.48. The zero-order valence-corrected chi connectivity index (χ0v) is 18.4. The molecule has 0 bridgehead atoms. The smallest absolute Gasteiger partial charge is 0.205 e. The van der Waals surface area contributed by atoms with E-state index in [0.29, 0.717) is 16.1 Å². The van der Waals surface area contributed by atoms with Gasteiger partial charge in [0.25, 0.3) is 0 Å². The van der Waals surface area contributed by atoms with Crippen molar-refractivity contribution in [2.75, 3.05) is 12.8 Å². The molecule has 3 aromatic heterocycles. The Morgan fingerprint density at radius 3 is 2.63 bits per heavy atom. The highest BCUT2D eigenvalue weighted by Gasteiger charge is 2.26. The largest absolute Gasteiger partial charge is 0.497 e. The van der Waals surface area contributed by atoms with E-state index in [1.54, 1.807) is 42.7 Å². The minimum absolute atomic E-state index is 0.0644. The van der Waals surface area contributed by atoms with E-state index in [2.05, 4.69) is 17.5 Å². The fourth-order valence-electron chi connectivity index (χ4n) is 4.22. The third-order valence-corrected chi connectivity index (χ3v) is 7.72. The van der Waals surface area contributed by atoms with Crippen molar-refractivity contribution in [2.45, 2.75) is 32.1 Å². The molecular formula is C24H22N2O2S2. The second kappa shape index (κ2) is 7.85. The number of benzene rings is 1. The van der Waals surface area contributed by atoms with Gasteiger partial charge in [-0.1, -0.05) is 12.5 Å². The Hall–Kier alpha value is -2.70. The van der Waals surface area contributed by atoms with Crippen LogP contribution in [0.1, 0.15) is 45.8 Å². The van der Waals surface area contributed by atoms with Crippen LogP contribution in [0.5, 0.6) is 5.75 Å². The zero-order valence-electron chi connectivity index (χ0n) is 16.7. The molecule has 30 heavy (non-hydrogen) atoms. The fourth-order valence-corrected chi connectivity index (χ4v) is 6.11. The van der Waals surface area contributed by atoms with Gasteiger partial charge in [-0.2, -0.15) is 0 Å². The van der Waals surface area contributed by atoms with Crippen molar-refractivity contribution in [1.82, 2.24) is 4.98 Å². The van der Waals surface area contributed by atoms with Crippen molar-refractivity contribution in [2.24, 2.45) is 0 Å². The Balaban J connectivity index is 1.72. The topological polar surface area (TPSA) is 65.2 Å². The number of hydrogen-bond acceptors (Lipinski definition) is 6. The molecule has 1 aromatic carbocycles. The monoisotopic (exact) mass is 434 g/mol. The number of carbonyl (C=O) groups excluding carboxylic acids is 1. The number of fused-ring (bicyclic) bond motifs is 2. The Morgan fingerprint density at radius 1 is 1.10 bits per heavy atom. The normalized spacial score (nSPS) is 13.8. The molecule has 6 heteroatoms. The van der Waals surface area contributed by atoms with Crippen LogP contribution >= 0.6 is 22.7 Å². The number of rotatable bonds is 4. The van der Waals surface area contributed by atoms with Gasteiger partial charge in [-0.3, -0.25) is 4.79 Å². The summed E-state index contributed by atoms with van der Waals surface area (Å²) in [5.74, 6) is 0.659. The molecule has 1 aliphatic carbocycles. The Kier molecular flexibility index (Phi) is 5.05. The van der Waals surface area contributed by atoms with Gasteiger partial charge >= 0.3 is 0 Å². The van der Waals surface area contributed by atoms with E-state index in [1.165, 1.54) is 45.9 Å². The molecule has 4 aromatic rings. The van der Waals surface area contributed by atoms with E-state index in [0.717, 1.165) is 35.2 Å². The lowest BCUT2D eigenvalue weighted by Gasteiger charge is -2.13. The average molecular weight is 435 g/mol. The van der Waals surface area contributed by atoms with Gasteiger partial charge in [-0.05, 0) is 67.0 Å². The summed E-state index contributed by atoms with van der Waals surface area (Å²) in [5, 5.41) is 3.04. The molecule has 1 aliphatic rings. The quantitative estimate of drug-likeness (QED) is 0.311. The highest BCUT2D eigenvalue weighted by molar-refractivity contribution is 7.21. The molecule has 0 spiro atoms. The Labute approximate surface area is 183 Å². The molecule has 0 atom stereocenters. The molecule has 0 unspecified atom stereocenters. The lowest BCUT2D eigenvalue weighted by Crippen LogP contribution is -2.03. The predicted octanol–water partition coefficient (Wildman–Crippen LogP) is 6.12. The van der Waals surface area contributed by atoms with Gasteiger partial charge in [-0.15, -0.1) is 22.7 Å². The van der Waals surface area contributed by atoms with Gasteiger partial charge in [0.2, 0.25) is 5.78 Å². The molecule has 0 saturated carbocycles. The molecule has 4 nitrogen and oxygen atoms in total. The average Bonchev–Trinajstić information content (AvgIpc) is 3.34. The molecule has 3 heterocycles. The molecule has 0 saturated heterocycles. The number of anilines is 1. The van der Waals surface area contributed by atoms with Crippen LogP contribution in [0.15, 0.2) is 41.8 Å². The van der Waals surface area contributed by atoms with Gasteiger partial charge in [0.1, 0.15) is 15.5 Å². The van der Waals surface area contributed by atoms with Crippen molar-refractivity contribution in [3.05, 3.63) is 63.5 Å². The van der Waals surface area contributed by atoms with Crippen LogP contribution in [0.25, 0.3) is 20.7 Å². The van der Waals surface area contributed by atoms with E-state index >= 15 is 0 Å². The zero-order chi connectivity index (χ0) is 20.7. The number of ketones is 1. The van der Waals surface area contributed by atoms with Crippen LogP contribution in [0, 0.1) is 0 Å². The SMILES string of the molecule is COc1ccc(C(=O)c2sc3nc4c(c(-c5cccs5)c3c2N)CCCCC4)cc1. The number of nitrogens with two attached hydrogens (primary N) is 1. The van der Waals surface area contributed by atoms with E-state index in [4.69, 9.17) is 15.5 Å². The first-order chi connectivity index (χ1) is 14.7. The van der Waals surface area contributed by atoms with Gasteiger partial charge in [0.05, 0.1) is 12.8 Å². The first-order valence-corrected chi connectivity index (χ1v) is 11.8. The Bertz CT molecular complexity index is 1220. The third kappa shape index (κ3) is 3.20. The summed E-state index contributed by atoms with van der Waals surface area (Å²) in [6.07, 6.45) is 5.56. The maximum Gasteiger partial charge on any atom is 0.205 e. The molecule has 0 amide bonds. The summed E-state index contributed by atoms with van der Waals surface area (Å²) in [6, 6.07) is 11.4. The van der Waals surface area contributed by atoms with Gasteiger partial charge < -0.3 is 10.5 Å². The number of nitrogen functional groups attached to an aromatic ring is 1. The summed E-state index contributed by atoms with van der Waals surface area (Å²) in [7, 11) is 1.61. The number of ether oxygens (including phenoxy) is 1. The number of hydrogen-bond donors (Lipinski definition) is 1. The first-order valence-electron chi connectivity index (χ1n) is 10.1. The fraction of sp³-hybridized carbons (Fsp3) is 0.250. The molecular weight excluding hydrogens is 412 g/mol. The van der Waals surface area contributed by atoms with E-state index in [-0.39, 0.29) is 5.78 Å². The summed E-state index contributed by atoms with van der Waals surface area (Å²) in [5.41, 5.74) is 11.5. The highest BCUT2D eigenvalue weighted by Crippen LogP contribution is 2.45. The summed E-state index contributed by atoms with van der Waals surface area (Å²) in [6.45, 7) is 0. The summed E-state index contributed by atoms with van der Waals surface area (Å²) < 4.78 is 5.21. The van der Waals surface area contributed by atoms with Crippen LogP contribution in [0.4, 0.5) is 5.69 Å². The second-order valence-electron chi connectivity index (χ2n) is 7.53. The van der Waals surface area contributed by atoms with Gasteiger partial charge in [0, 0.05) is 27.1 Å². The van der Waals surface area contributed by atoms with Crippen LogP contribution in [0.2, 0.25) is 0 Å². The molecule has 152 valence electrons. The maximum atomic E-state index is 13.3. The van der Waals surface area contributed by atoms with Crippen molar-refractivity contribution in [3.63, 3.8) is 0 Å². The van der Waals surface area contributed by atoms with Crippen LogP contribution in [-0.4, -0.2) is 17.9 Å².